The van der Waals surface area contributed by atoms with Gasteiger partial charge in [-0.15, -0.1) is 0 Å². The van der Waals surface area contributed by atoms with Crippen molar-refractivity contribution in [2.75, 3.05) is 13.1 Å². The Kier molecular flexibility index (Phi) is 4.17. The van der Waals surface area contributed by atoms with Crippen LogP contribution in [0.25, 0.3) is 0 Å². The Balaban J connectivity index is 1.63. The number of aromatic nitrogens is 1. The summed E-state index contributed by atoms with van der Waals surface area (Å²) < 4.78 is 0. The Hall–Kier alpha value is -1.53. The fourth-order valence-corrected chi connectivity index (χ4v) is 3.41. The van der Waals surface area contributed by atoms with E-state index in [9.17, 15) is 4.79 Å². The second-order valence-electron chi connectivity index (χ2n) is 5.91. The first-order valence-corrected chi connectivity index (χ1v) is 7.79. The van der Waals surface area contributed by atoms with Gasteiger partial charge in [0.25, 0.3) is 0 Å². The predicted octanol–water partition coefficient (Wildman–Crippen LogP) is 0.816. The van der Waals surface area contributed by atoms with Gasteiger partial charge in [0.2, 0.25) is 5.91 Å². The summed E-state index contributed by atoms with van der Waals surface area (Å²) in [5.74, 6) is 0.785. The van der Waals surface area contributed by atoms with Crippen molar-refractivity contribution in [3.63, 3.8) is 0 Å². The molecule has 2 fully saturated rings. The molecule has 2 aliphatic rings. The molecule has 2 aliphatic heterocycles. The third-order valence-electron chi connectivity index (χ3n) is 4.39. The van der Waals surface area contributed by atoms with E-state index in [1.54, 1.807) is 6.20 Å². The minimum absolute atomic E-state index is 0.208. The second-order valence-corrected chi connectivity index (χ2v) is 6.35. The summed E-state index contributed by atoms with van der Waals surface area (Å²) in [6.07, 6.45) is 4.46. The molecule has 1 aromatic rings. The van der Waals surface area contributed by atoms with Crippen molar-refractivity contribution in [3.05, 3.63) is 29.6 Å². The van der Waals surface area contributed by atoms with Crippen molar-refractivity contribution < 1.29 is 4.79 Å². The molecule has 0 bridgehead atoms. The molecule has 2 unspecified atom stereocenters. The van der Waals surface area contributed by atoms with Gasteiger partial charge < -0.3 is 11.1 Å². The van der Waals surface area contributed by atoms with Gasteiger partial charge in [0.1, 0.15) is 4.99 Å². The number of amides is 1. The van der Waals surface area contributed by atoms with Crippen molar-refractivity contribution in [3.8, 4) is 0 Å². The molecule has 0 aliphatic carbocycles. The molecule has 112 valence electrons. The maximum atomic E-state index is 11.4. The van der Waals surface area contributed by atoms with Crippen LogP contribution in [0.2, 0.25) is 0 Å². The Morgan fingerprint density at radius 1 is 1.52 bits per heavy atom. The Morgan fingerprint density at radius 2 is 2.38 bits per heavy atom. The zero-order valence-corrected chi connectivity index (χ0v) is 12.7. The molecule has 0 aromatic carbocycles. The number of thiocarbonyl (C=S) groups is 1. The molecule has 21 heavy (non-hydrogen) atoms. The van der Waals surface area contributed by atoms with Crippen LogP contribution in [-0.2, 0) is 11.3 Å². The van der Waals surface area contributed by atoms with Gasteiger partial charge in [-0.1, -0.05) is 12.2 Å². The monoisotopic (exact) mass is 304 g/mol. The van der Waals surface area contributed by atoms with Crippen molar-refractivity contribution in [2.24, 2.45) is 11.7 Å². The van der Waals surface area contributed by atoms with Crippen LogP contribution in [0.15, 0.2) is 18.3 Å². The summed E-state index contributed by atoms with van der Waals surface area (Å²) in [7, 11) is 0. The van der Waals surface area contributed by atoms with Gasteiger partial charge in [0.05, 0.1) is 5.69 Å². The number of nitrogens with zero attached hydrogens (tertiary/aromatic N) is 2. The van der Waals surface area contributed by atoms with Gasteiger partial charge in [-0.25, -0.2) is 0 Å². The van der Waals surface area contributed by atoms with Crippen LogP contribution < -0.4 is 11.1 Å². The van der Waals surface area contributed by atoms with Crippen LogP contribution in [0.4, 0.5) is 0 Å². The minimum Gasteiger partial charge on any atom is -0.388 e. The van der Waals surface area contributed by atoms with E-state index in [0.717, 1.165) is 32.5 Å². The molecule has 1 amide bonds. The number of fused-ring (bicyclic) bond motifs is 1. The van der Waals surface area contributed by atoms with E-state index in [0.29, 0.717) is 29.1 Å². The maximum Gasteiger partial charge on any atom is 0.220 e. The average Bonchev–Trinajstić information content (AvgIpc) is 2.48. The summed E-state index contributed by atoms with van der Waals surface area (Å²) in [4.78, 5) is 18.4. The lowest BCUT2D eigenvalue weighted by Crippen LogP contribution is -2.53. The molecule has 0 radical (unpaired) electrons. The highest BCUT2D eigenvalue weighted by molar-refractivity contribution is 7.80. The van der Waals surface area contributed by atoms with Crippen LogP contribution in [0.5, 0.6) is 0 Å². The zero-order chi connectivity index (χ0) is 14.8. The minimum atomic E-state index is 0.208. The number of nitrogens with two attached hydrogens (primary N) is 1. The molecule has 2 atom stereocenters. The fraction of sp³-hybridized carbons (Fsp3) is 0.533. The average molecular weight is 304 g/mol. The summed E-state index contributed by atoms with van der Waals surface area (Å²) in [5, 5.41) is 3.12. The first kappa shape index (κ1) is 14.4. The molecule has 0 saturated carbocycles. The number of carbonyl (C=O) groups excluding carboxylic acids is 1. The van der Waals surface area contributed by atoms with Crippen molar-refractivity contribution in [1.82, 2.24) is 15.2 Å². The number of pyridine rings is 1. The van der Waals surface area contributed by atoms with Crippen molar-refractivity contribution in [2.45, 2.75) is 31.8 Å². The van der Waals surface area contributed by atoms with Gasteiger partial charge in [-0.2, -0.15) is 0 Å². The van der Waals surface area contributed by atoms with Crippen LogP contribution in [0, 0.1) is 5.92 Å². The number of likely N-dealkylation sites (tertiary alicyclic amines) is 1. The fourth-order valence-electron chi connectivity index (χ4n) is 3.29. The SMILES string of the molecule is NC(=S)c1cc(CN2CCC3NC(=O)CCC3C2)ccn1. The van der Waals surface area contributed by atoms with E-state index >= 15 is 0 Å². The number of nitrogens with one attached hydrogen (secondary N) is 1. The number of hydrogen-bond acceptors (Lipinski definition) is 4. The van der Waals surface area contributed by atoms with Crippen molar-refractivity contribution >= 4 is 23.1 Å². The van der Waals surface area contributed by atoms with Gasteiger partial charge in [0.15, 0.2) is 0 Å². The highest BCUT2D eigenvalue weighted by Gasteiger charge is 2.33. The Bertz CT molecular complexity index is 562. The third kappa shape index (κ3) is 3.39. The summed E-state index contributed by atoms with van der Waals surface area (Å²) in [5.41, 5.74) is 7.50. The number of carbonyl (C=O) groups is 1. The van der Waals surface area contributed by atoms with Gasteiger partial charge in [-0.3, -0.25) is 14.7 Å². The molecule has 1 aromatic heterocycles. The van der Waals surface area contributed by atoms with Gasteiger partial charge in [0, 0.05) is 38.3 Å². The van der Waals surface area contributed by atoms with E-state index in [-0.39, 0.29) is 5.91 Å². The number of rotatable bonds is 3. The highest BCUT2D eigenvalue weighted by atomic mass is 32.1. The summed E-state index contributed by atoms with van der Waals surface area (Å²) in [6.45, 7) is 2.93. The van der Waals surface area contributed by atoms with E-state index < -0.39 is 0 Å². The molecule has 3 N–H and O–H groups in total. The molecule has 0 spiro atoms. The van der Waals surface area contributed by atoms with Crippen LogP contribution in [0.3, 0.4) is 0 Å². The molecule has 3 rings (SSSR count). The summed E-state index contributed by atoms with van der Waals surface area (Å²) in [6, 6.07) is 4.35. The highest BCUT2D eigenvalue weighted by Crippen LogP contribution is 2.26. The van der Waals surface area contributed by atoms with E-state index in [2.05, 4.69) is 15.2 Å². The second kappa shape index (κ2) is 6.07. The third-order valence-corrected chi connectivity index (χ3v) is 4.60. The largest absolute Gasteiger partial charge is 0.388 e. The van der Waals surface area contributed by atoms with E-state index in [1.165, 1.54) is 5.56 Å². The maximum absolute atomic E-state index is 11.4. The smallest absolute Gasteiger partial charge is 0.220 e. The van der Waals surface area contributed by atoms with E-state index in [4.69, 9.17) is 18.0 Å². The molecule has 6 heteroatoms. The molecule has 5 nitrogen and oxygen atoms in total. The molecule has 3 heterocycles. The van der Waals surface area contributed by atoms with Gasteiger partial charge >= 0.3 is 0 Å². The standard InChI is InChI=1S/C15H20N4OS/c16-15(21)13-7-10(3-5-17-13)8-19-6-4-12-11(9-19)1-2-14(20)18-12/h3,5,7,11-12H,1-2,4,6,8-9H2,(H2,16,21)(H,18,20). The van der Waals surface area contributed by atoms with Gasteiger partial charge in [-0.05, 0) is 36.5 Å². The zero-order valence-electron chi connectivity index (χ0n) is 11.9. The Morgan fingerprint density at radius 3 is 3.19 bits per heavy atom. The first-order chi connectivity index (χ1) is 10.1. The molecule has 2 saturated heterocycles. The lowest BCUT2D eigenvalue weighted by molar-refractivity contribution is -0.125. The van der Waals surface area contributed by atoms with Crippen LogP contribution in [-0.4, -0.2) is 39.9 Å². The molecular weight excluding hydrogens is 284 g/mol. The van der Waals surface area contributed by atoms with Crippen molar-refractivity contribution in [1.29, 1.82) is 0 Å². The Labute approximate surface area is 129 Å². The normalized spacial score (nSPS) is 26.0. The predicted molar refractivity (Wildman–Crippen MR) is 84.7 cm³/mol. The lowest BCUT2D eigenvalue weighted by Gasteiger charge is -2.41. The topological polar surface area (TPSA) is 71.2 Å². The molecular formula is C15H20N4OS. The van der Waals surface area contributed by atoms with Crippen LogP contribution in [0.1, 0.15) is 30.5 Å². The first-order valence-electron chi connectivity index (χ1n) is 7.38. The van der Waals surface area contributed by atoms with E-state index in [1.807, 2.05) is 12.1 Å². The number of piperidine rings is 2. The summed E-state index contributed by atoms with van der Waals surface area (Å²) >= 11 is 4.97. The lowest BCUT2D eigenvalue weighted by atomic mass is 9.85. The number of hydrogen-bond donors (Lipinski definition) is 2. The quantitative estimate of drug-likeness (QED) is 0.809. The van der Waals surface area contributed by atoms with Crippen LogP contribution >= 0.6 is 12.2 Å².